The SMILES string of the molecule is NC(=O)c1cnccc1Oc1ccc(CNCCC2CCCCC2)cc1. The van der Waals surface area contributed by atoms with Crippen molar-refractivity contribution < 1.29 is 9.53 Å². The number of ether oxygens (including phenoxy) is 1. The van der Waals surface area contributed by atoms with E-state index < -0.39 is 5.91 Å². The smallest absolute Gasteiger partial charge is 0.254 e. The fourth-order valence-corrected chi connectivity index (χ4v) is 3.47. The average Bonchev–Trinajstić information content (AvgIpc) is 2.67. The molecule has 1 aliphatic carbocycles. The van der Waals surface area contributed by atoms with Crippen LogP contribution in [0.4, 0.5) is 0 Å². The standard InChI is InChI=1S/C21H27N3O2/c22-21(25)19-15-24-13-11-20(19)26-18-8-6-17(7-9-18)14-23-12-10-16-4-2-1-3-5-16/h6-9,11,13,15-16,23H,1-5,10,12,14H2,(H2,22,25). The van der Waals surface area contributed by atoms with Gasteiger partial charge < -0.3 is 15.8 Å². The average molecular weight is 353 g/mol. The van der Waals surface area contributed by atoms with Crippen molar-refractivity contribution in [3.63, 3.8) is 0 Å². The molecule has 26 heavy (non-hydrogen) atoms. The van der Waals surface area contributed by atoms with Crippen molar-refractivity contribution in [2.75, 3.05) is 6.54 Å². The van der Waals surface area contributed by atoms with Gasteiger partial charge in [0.2, 0.25) is 0 Å². The molecule has 0 spiro atoms. The summed E-state index contributed by atoms with van der Waals surface area (Å²) < 4.78 is 5.77. The number of hydrogen-bond donors (Lipinski definition) is 2. The molecular weight excluding hydrogens is 326 g/mol. The molecule has 1 aromatic carbocycles. The molecule has 1 aromatic heterocycles. The lowest BCUT2D eigenvalue weighted by molar-refractivity contribution is 0.0997. The van der Waals surface area contributed by atoms with Gasteiger partial charge in [0.15, 0.2) is 0 Å². The first-order valence-corrected chi connectivity index (χ1v) is 9.43. The maximum Gasteiger partial charge on any atom is 0.254 e. The Balaban J connectivity index is 1.47. The van der Waals surface area contributed by atoms with E-state index in [0.717, 1.165) is 19.0 Å². The molecule has 3 N–H and O–H groups in total. The van der Waals surface area contributed by atoms with E-state index in [-0.39, 0.29) is 5.56 Å². The van der Waals surface area contributed by atoms with Crippen LogP contribution in [0.2, 0.25) is 0 Å². The zero-order chi connectivity index (χ0) is 18.2. The van der Waals surface area contributed by atoms with Gasteiger partial charge in [-0.15, -0.1) is 0 Å². The summed E-state index contributed by atoms with van der Waals surface area (Å²) in [6, 6.07) is 9.52. The zero-order valence-electron chi connectivity index (χ0n) is 15.1. The third-order valence-corrected chi connectivity index (χ3v) is 4.98. The van der Waals surface area contributed by atoms with Crippen LogP contribution in [0.1, 0.15) is 54.4 Å². The van der Waals surface area contributed by atoms with Crippen molar-refractivity contribution in [3.05, 3.63) is 53.9 Å². The summed E-state index contributed by atoms with van der Waals surface area (Å²) in [5.41, 5.74) is 6.84. The highest BCUT2D eigenvalue weighted by molar-refractivity contribution is 5.95. The Labute approximate surface area is 155 Å². The third-order valence-electron chi connectivity index (χ3n) is 4.98. The molecule has 0 aliphatic heterocycles. The Morgan fingerprint density at radius 2 is 1.92 bits per heavy atom. The molecule has 3 rings (SSSR count). The van der Waals surface area contributed by atoms with Crippen molar-refractivity contribution in [3.8, 4) is 11.5 Å². The molecule has 0 saturated heterocycles. The van der Waals surface area contributed by atoms with Crippen LogP contribution in [0.15, 0.2) is 42.7 Å². The van der Waals surface area contributed by atoms with Crippen LogP contribution in [-0.4, -0.2) is 17.4 Å². The molecule has 0 unspecified atom stereocenters. The predicted molar refractivity (Wildman–Crippen MR) is 102 cm³/mol. The van der Waals surface area contributed by atoms with E-state index >= 15 is 0 Å². The molecule has 0 bridgehead atoms. The normalized spacial score (nSPS) is 14.9. The summed E-state index contributed by atoms with van der Waals surface area (Å²) in [5.74, 6) is 1.45. The summed E-state index contributed by atoms with van der Waals surface area (Å²) in [7, 11) is 0. The largest absolute Gasteiger partial charge is 0.456 e. The van der Waals surface area contributed by atoms with E-state index in [9.17, 15) is 4.79 Å². The summed E-state index contributed by atoms with van der Waals surface area (Å²) in [6.07, 6.45) is 11.3. The van der Waals surface area contributed by atoms with Crippen LogP contribution in [0.5, 0.6) is 11.5 Å². The number of nitrogens with one attached hydrogen (secondary N) is 1. The second kappa shape index (κ2) is 9.34. The lowest BCUT2D eigenvalue weighted by Gasteiger charge is -2.21. The maximum atomic E-state index is 11.4. The van der Waals surface area contributed by atoms with Crippen LogP contribution < -0.4 is 15.8 Å². The minimum atomic E-state index is -0.549. The first kappa shape index (κ1) is 18.4. The minimum Gasteiger partial charge on any atom is -0.456 e. The second-order valence-electron chi connectivity index (χ2n) is 6.95. The van der Waals surface area contributed by atoms with Gasteiger partial charge in [-0.25, -0.2) is 0 Å². The van der Waals surface area contributed by atoms with Crippen molar-refractivity contribution in [2.24, 2.45) is 11.7 Å². The van der Waals surface area contributed by atoms with Gasteiger partial charge in [-0.05, 0) is 42.6 Å². The number of carbonyl (C=O) groups is 1. The quantitative estimate of drug-likeness (QED) is 0.702. The van der Waals surface area contributed by atoms with E-state index in [0.29, 0.717) is 11.5 Å². The van der Waals surface area contributed by atoms with Gasteiger partial charge in [0.25, 0.3) is 5.91 Å². The van der Waals surface area contributed by atoms with Gasteiger partial charge in [0.05, 0.1) is 0 Å². The van der Waals surface area contributed by atoms with E-state index in [4.69, 9.17) is 10.5 Å². The van der Waals surface area contributed by atoms with Crippen molar-refractivity contribution in [2.45, 2.75) is 45.1 Å². The summed E-state index contributed by atoms with van der Waals surface area (Å²) in [6.45, 7) is 1.93. The number of aromatic nitrogens is 1. The van der Waals surface area contributed by atoms with Crippen LogP contribution >= 0.6 is 0 Å². The number of nitrogens with two attached hydrogens (primary N) is 1. The first-order valence-electron chi connectivity index (χ1n) is 9.43. The molecule has 1 amide bonds. The molecule has 0 atom stereocenters. The summed E-state index contributed by atoms with van der Waals surface area (Å²) >= 11 is 0. The van der Waals surface area contributed by atoms with E-state index in [1.54, 1.807) is 12.3 Å². The van der Waals surface area contributed by atoms with Gasteiger partial charge in [0, 0.05) is 18.9 Å². The number of pyridine rings is 1. The van der Waals surface area contributed by atoms with Gasteiger partial charge in [-0.2, -0.15) is 0 Å². The number of nitrogens with zero attached hydrogens (tertiary/aromatic N) is 1. The van der Waals surface area contributed by atoms with E-state index in [1.807, 2.05) is 24.3 Å². The molecule has 1 heterocycles. The Hall–Kier alpha value is -2.40. The second-order valence-corrected chi connectivity index (χ2v) is 6.95. The van der Waals surface area contributed by atoms with Crippen LogP contribution in [-0.2, 0) is 6.54 Å². The molecule has 0 radical (unpaired) electrons. The molecular formula is C21H27N3O2. The van der Waals surface area contributed by atoms with Crippen molar-refractivity contribution in [1.29, 1.82) is 0 Å². The highest BCUT2D eigenvalue weighted by Crippen LogP contribution is 2.26. The molecule has 138 valence electrons. The predicted octanol–water partition coefficient (Wildman–Crippen LogP) is 4.03. The summed E-state index contributed by atoms with van der Waals surface area (Å²) in [4.78, 5) is 15.3. The highest BCUT2D eigenvalue weighted by Gasteiger charge is 2.12. The first-order chi connectivity index (χ1) is 12.7. The molecule has 5 heteroatoms. The number of rotatable bonds is 8. The maximum absolute atomic E-state index is 11.4. The van der Waals surface area contributed by atoms with Gasteiger partial charge in [-0.3, -0.25) is 9.78 Å². The van der Waals surface area contributed by atoms with Gasteiger partial charge in [0.1, 0.15) is 17.1 Å². The van der Waals surface area contributed by atoms with Crippen molar-refractivity contribution in [1.82, 2.24) is 10.3 Å². The fraction of sp³-hybridized carbons (Fsp3) is 0.429. The van der Waals surface area contributed by atoms with E-state index in [1.165, 1.54) is 50.3 Å². The van der Waals surface area contributed by atoms with Crippen LogP contribution in [0.25, 0.3) is 0 Å². The number of amides is 1. The number of benzene rings is 1. The number of carbonyl (C=O) groups excluding carboxylic acids is 1. The minimum absolute atomic E-state index is 0.279. The monoisotopic (exact) mass is 353 g/mol. The van der Waals surface area contributed by atoms with Crippen LogP contribution in [0.3, 0.4) is 0 Å². The topological polar surface area (TPSA) is 77.2 Å². The van der Waals surface area contributed by atoms with Crippen LogP contribution in [0, 0.1) is 5.92 Å². The Morgan fingerprint density at radius 3 is 2.65 bits per heavy atom. The fourth-order valence-electron chi connectivity index (χ4n) is 3.47. The van der Waals surface area contributed by atoms with Gasteiger partial charge >= 0.3 is 0 Å². The highest BCUT2D eigenvalue weighted by atomic mass is 16.5. The van der Waals surface area contributed by atoms with Crippen molar-refractivity contribution >= 4 is 5.91 Å². The Kier molecular flexibility index (Phi) is 6.61. The third kappa shape index (κ3) is 5.30. The Morgan fingerprint density at radius 1 is 1.15 bits per heavy atom. The molecule has 1 aliphatic rings. The number of hydrogen-bond acceptors (Lipinski definition) is 4. The number of primary amides is 1. The molecule has 1 saturated carbocycles. The lowest BCUT2D eigenvalue weighted by atomic mass is 9.87. The summed E-state index contributed by atoms with van der Waals surface area (Å²) in [5, 5.41) is 3.53. The Bertz CT molecular complexity index is 709. The van der Waals surface area contributed by atoms with Gasteiger partial charge in [-0.1, -0.05) is 44.2 Å². The molecule has 1 fully saturated rings. The zero-order valence-corrected chi connectivity index (χ0v) is 15.1. The lowest BCUT2D eigenvalue weighted by Crippen LogP contribution is -2.19. The molecule has 2 aromatic rings. The van der Waals surface area contributed by atoms with E-state index in [2.05, 4.69) is 10.3 Å². The molecule has 5 nitrogen and oxygen atoms in total.